The number of rotatable bonds is 7. The lowest BCUT2D eigenvalue weighted by molar-refractivity contribution is -0.116. The van der Waals surface area contributed by atoms with Gasteiger partial charge in [-0.05, 0) is 35.0 Å². The van der Waals surface area contributed by atoms with E-state index in [1.807, 2.05) is 20.8 Å². The molecule has 0 heterocycles. The molecule has 1 amide bonds. The fourth-order valence-electron chi connectivity index (χ4n) is 1.63. The molecule has 20 heavy (non-hydrogen) atoms. The van der Waals surface area contributed by atoms with E-state index >= 15 is 0 Å². The largest absolute Gasteiger partial charge is 0.491 e. The van der Waals surface area contributed by atoms with Gasteiger partial charge in [0.05, 0.1) is 16.8 Å². The van der Waals surface area contributed by atoms with Gasteiger partial charge in [0.2, 0.25) is 5.91 Å². The lowest BCUT2D eigenvalue weighted by atomic mass is 10.2. The zero-order valence-corrected chi connectivity index (χ0v) is 14.3. The predicted octanol–water partition coefficient (Wildman–Crippen LogP) is 3.83. The molecule has 0 aliphatic rings. The highest BCUT2D eigenvalue weighted by Gasteiger charge is 2.12. The predicted molar refractivity (Wildman–Crippen MR) is 86.7 cm³/mol. The van der Waals surface area contributed by atoms with Crippen LogP contribution in [0.3, 0.4) is 0 Å². The van der Waals surface area contributed by atoms with E-state index in [0.29, 0.717) is 42.1 Å². The van der Waals surface area contributed by atoms with Gasteiger partial charge in [-0.3, -0.25) is 4.79 Å². The summed E-state index contributed by atoms with van der Waals surface area (Å²) in [6.45, 7) is 7.12. The van der Waals surface area contributed by atoms with Crippen molar-refractivity contribution in [1.29, 1.82) is 0 Å². The van der Waals surface area contributed by atoms with E-state index in [1.54, 1.807) is 12.1 Å². The summed E-state index contributed by atoms with van der Waals surface area (Å²) in [5.41, 5.74) is 0.584. The normalized spacial score (nSPS) is 10.7. The average molecular weight is 364 g/mol. The molecule has 1 aromatic rings. The van der Waals surface area contributed by atoms with Gasteiger partial charge >= 0.3 is 0 Å². The third kappa shape index (κ3) is 5.69. The van der Waals surface area contributed by atoms with Gasteiger partial charge in [-0.1, -0.05) is 25.4 Å². The van der Waals surface area contributed by atoms with Crippen molar-refractivity contribution in [3.05, 3.63) is 21.6 Å². The van der Waals surface area contributed by atoms with Crippen molar-refractivity contribution in [3.63, 3.8) is 0 Å². The van der Waals surface area contributed by atoms with Gasteiger partial charge in [0.25, 0.3) is 0 Å². The van der Waals surface area contributed by atoms with Gasteiger partial charge in [0.15, 0.2) is 5.75 Å². The van der Waals surface area contributed by atoms with Crippen LogP contribution in [0.2, 0.25) is 5.02 Å². The Hall–Kier alpha value is -0.780. The molecule has 0 radical (unpaired) electrons. The van der Waals surface area contributed by atoms with E-state index < -0.39 is 0 Å². The molecular formula is C14H20BrClN2O2. The van der Waals surface area contributed by atoms with Gasteiger partial charge in [0.1, 0.15) is 0 Å². The number of halogens is 2. The first-order chi connectivity index (χ1) is 9.43. The zero-order chi connectivity index (χ0) is 15.1. The third-order valence-electron chi connectivity index (χ3n) is 2.48. The van der Waals surface area contributed by atoms with Crippen LogP contribution < -0.4 is 15.4 Å². The van der Waals surface area contributed by atoms with Crippen LogP contribution in [0.25, 0.3) is 0 Å². The molecular weight excluding hydrogens is 344 g/mol. The van der Waals surface area contributed by atoms with Crippen molar-refractivity contribution in [2.24, 2.45) is 0 Å². The van der Waals surface area contributed by atoms with E-state index in [1.165, 1.54) is 0 Å². The molecule has 0 atom stereocenters. The summed E-state index contributed by atoms with van der Waals surface area (Å²) in [6.07, 6.45) is 0.397. The first-order valence-corrected chi connectivity index (χ1v) is 7.76. The number of amides is 1. The smallest absolute Gasteiger partial charge is 0.225 e. The number of benzene rings is 1. The highest BCUT2D eigenvalue weighted by atomic mass is 79.9. The molecule has 0 aliphatic heterocycles. The van der Waals surface area contributed by atoms with Crippen molar-refractivity contribution < 1.29 is 9.53 Å². The molecule has 0 unspecified atom stereocenters. The second kappa shape index (κ2) is 8.49. The first-order valence-electron chi connectivity index (χ1n) is 6.59. The Morgan fingerprint density at radius 2 is 2.15 bits per heavy atom. The Morgan fingerprint density at radius 3 is 2.75 bits per heavy atom. The Kier molecular flexibility index (Phi) is 7.34. The van der Waals surface area contributed by atoms with Crippen LogP contribution in [0.5, 0.6) is 5.75 Å². The summed E-state index contributed by atoms with van der Waals surface area (Å²) < 4.78 is 6.25. The maximum Gasteiger partial charge on any atom is 0.225 e. The zero-order valence-electron chi connectivity index (χ0n) is 11.9. The number of ether oxygens (including phenoxy) is 1. The molecule has 0 fully saturated rings. The minimum atomic E-state index is -0.0757. The van der Waals surface area contributed by atoms with Crippen LogP contribution in [0, 0.1) is 0 Å². The van der Waals surface area contributed by atoms with Crippen LogP contribution in [-0.2, 0) is 4.79 Å². The number of carbonyl (C=O) groups is 1. The standard InChI is InChI=1S/C14H20BrClN2O2/c1-4-20-14-11(15)7-10(16)8-12(14)18-13(19)5-6-17-9(2)3/h7-9,17H,4-6H2,1-3H3,(H,18,19). The molecule has 0 aliphatic carbocycles. The summed E-state index contributed by atoms with van der Waals surface area (Å²) in [4.78, 5) is 11.9. The van der Waals surface area contributed by atoms with Gasteiger partial charge in [-0.25, -0.2) is 0 Å². The first kappa shape index (κ1) is 17.3. The highest BCUT2D eigenvalue weighted by Crippen LogP contribution is 2.36. The topological polar surface area (TPSA) is 50.4 Å². The van der Waals surface area contributed by atoms with Gasteiger partial charge in [-0.2, -0.15) is 0 Å². The molecule has 0 aromatic heterocycles. The Bertz CT molecular complexity index is 467. The maximum atomic E-state index is 11.9. The van der Waals surface area contributed by atoms with Crippen LogP contribution >= 0.6 is 27.5 Å². The number of carbonyl (C=O) groups excluding carboxylic acids is 1. The molecule has 0 saturated heterocycles. The second-order valence-corrected chi connectivity index (χ2v) is 5.90. The van der Waals surface area contributed by atoms with Crippen molar-refractivity contribution in [1.82, 2.24) is 5.32 Å². The van der Waals surface area contributed by atoms with Crippen molar-refractivity contribution in [2.45, 2.75) is 33.2 Å². The molecule has 0 spiro atoms. The van der Waals surface area contributed by atoms with Crippen LogP contribution in [-0.4, -0.2) is 25.1 Å². The highest BCUT2D eigenvalue weighted by molar-refractivity contribution is 9.10. The van der Waals surface area contributed by atoms with E-state index in [2.05, 4.69) is 26.6 Å². The lowest BCUT2D eigenvalue weighted by Gasteiger charge is -2.14. The summed E-state index contributed by atoms with van der Waals surface area (Å²) in [7, 11) is 0. The van der Waals surface area contributed by atoms with Gasteiger partial charge in [-0.15, -0.1) is 0 Å². The fraction of sp³-hybridized carbons (Fsp3) is 0.500. The number of anilines is 1. The SMILES string of the molecule is CCOc1c(Br)cc(Cl)cc1NC(=O)CCNC(C)C. The second-order valence-electron chi connectivity index (χ2n) is 4.60. The van der Waals surface area contributed by atoms with Crippen LogP contribution in [0.1, 0.15) is 27.2 Å². The van der Waals surface area contributed by atoms with Crippen molar-refractivity contribution in [2.75, 3.05) is 18.5 Å². The molecule has 2 N–H and O–H groups in total. The Labute approximate surface area is 133 Å². The quantitative estimate of drug-likeness (QED) is 0.774. The van der Waals surface area contributed by atoms with Crippen LogP contribution in [0.15, 0.2) is 16.6 Å². The summed E-state index contributed by atoms with van der Waals surface area (Å²) in [6, 6.07) is 3.79. The molecule has 1 rings (SSSR count). The summed E-state index contributed by atoms with van der Waals surface area (Å²) in [5.74, 6) is 0.523. The number of nitrogens with one attached hydrogen (secondary N) is 2. The number of hydrogen-bond donors (Lipinski definition) is 2. The van der Waals surface area contributed by atoms with Gasteiger partial charge in [0, 0.05) is 24.0 Å². The Balaban J connectivity index is 2.72. The van der Waals surface area contributed by atoms with E-state index in [-0.39, 0.29) is 5.91 Å². The monoisotopic (exact) mass is 362 g/mol. The molecule has 6 heteroatoms. The average Bonchev–Trinajstić information content (AvgIpc) is 2.33. The molecule has 0 bridgehead atoms. The minimum Gasteiger partial charge on any atom is -0.491 e. The fourth-order valence-corrected chi connectivity index (χ4v) is 2.56. The van der Waals surface area contributed by atoms with E-state index in [4.69, 9.17) is 16.3 Å². The minimum absolute atomic E-state index is 0.0757. The number of hydrogen-bond acceptors (Lipinski definition) is 3. The molecule has 0 saturated carbocycles. The van der Waals surface area contributed by atoms with Crippen molar-refractivity contribution >= 4 is 39.1 Å². The molecule has 4 nitrogen and oxygen atoms in total. The van der Waals surface area contributed by atoms with Crippen molar-refractivity contribution in [3.8, 4) is 5.75 Å². The van der Waals surface area contributed by atoms with E-state index in [9.17, 15) is 4.79 Å². The maximum absolute atomic E-state index is 11.9. The summed E-state index contributed by atoms with van der Waals surface area (Å²) >= 11 is 9.39. The van der Waals surface area contributed by atoms with Crippen LogP contribution in [0.4, 0.5) is 5.69 Å². The van der Waals surface area contributed by atoms with E-state index in [0.717, 1.165) is 4.47 Å². The lowest BCUT2D eigenvalue weighted by Crippen LogP contribution is -2.27. The third-order valence-corrected chi connectivity index (χ3v) is 3.28. The summed E-state index contributed by atoms with van der Waals surface area (Å²) in [5, 5.41) is 6.57. The molecule has 112 valence electrons. The Morgan fingerprint density at radius 1 is 1.45 bits per heavy atom. The van der Waals surface area contributed by atoms with Gasteiger partial charge < -0.3 is 15.4 Å². The molecule has 1 aromatic carbocycles.